The number of likely N-dealkylation sites (tertiary alicyclic amines) is 1. The molecule has 2 aromatic heterocycles. The first-order valence-corrected chi connectivity index (χ1v) is 15.3. The highest BCUT2D eigenvalue weighted by atomic mass is 35.5. The lowest BCUT2D eigenvalue weighted by Gasteiger charge is -2.32. The number of benzene rings is 2. The average Bonchev–Trinajstić information content (AvgIpc) is 3.55. The van der Waals surface area contributed by atoms with E-state index in [1.54, 1.807) is 25.3 Å². The molecular formula is C31H37Cl2N5O4. The monoisotopic (exact) mass is 613 g/mol. The van der Waals surface area contributed by atoms with E-state index in [1.165, 1.54) is 0 Å². The fourth-order valence-electron chi connectivity index (χ4n) is 5.63. The topological polar surface area (TPSA) is 75.8 Å². The maximum Gasteiger partial charge on any atom is 0.146 e. The number of piperidine rings is 1. The number of ether oxygens (including phenoxy) is 4. The summed E-state index contributed by atoms with van der Waals surface area (Å²) in [7, 11) is 1.64. The van der Waals surface area contributed by atoms with Crippen molar-refractivity contribution in [3.05, 3.63) is 75.8 Å². The lowest BCUT2D eigenvalue weighted by Crippen LogP contribution is -2.36. The van der Waals surface area contributed by atoms with E-state index >= 15 is 0 Å². The summed E-state index contributed by atoms with van der Waals surface area (Å²) in [5.41, 5.74) is 4.16. The van der Waals surface area contributed by atoms with Crippen LogP contribution in [0.25, 0.3) is 11.0 Å². The summed E-state index contributed by atoms with van der Waals surface area (Å²) in [5, 5.41) is 5.81. The lowest BCUT2D eigenvalue weighted by atomic mass is 9.97. The molecule has 42 heavy (non-hydrogen) atoms. The van der Waals surface area contributed by atoms with Crippen molar-refractivity contribution in [2.75, 3.05) is 33.6 Å². The summed E-state index contributed by atoms with van der Waals surface area (Å²) < 4.78 is 26.7. The molecule has 0 saturated carbocycles. The summed E-state index contributed by atoms with van der Waals surface area (Å²) in [6.07, 6.45) is 5.64. The third kappa shape index (κ3) is 7.27. The fourth-order valence-corrected chi connectivity index (χ4v) is 6.09. The van der Waals surface area contributed by atoms with Crippen LogP contribution in [-0.4, -0.2) is 63.9 Å². The van der Waals surface area contributed by atoms with Crippen molar-refractivity contribution in [2.24, 2.45) is 5.92 Å². The number of halogens is 2. The van der Waals surface area contributed by atoms with Crippen molar-refractivity contribution < 1.29 is 18.9 Å². The van der Waals surface area contributed by atoms with Crippen molar-refractivity contribution in [1.82, 2.24) is 24.2 Å². The van der Waals surface area contributed by atoms with Crippen molar-refractivity contribution in [3.8, 4) is 5.75 Å². The molecule has 0 aliphatic carbocycles. The average molecular weight is 615 g/mol. The molecule has 2 saturated heterocycles. The highest BCUT2D eigenvalue weighted by Crippen LogP contribution is 2.29. The zero-order valence-corrected chi connectivity index (χ0v) is 25.4. The molecule has 0 unspecified atom stereocenters. The normalized spacial score (nSPS) is 18.0. The van der Waals surface area contributed by atoms with Gasteiger partial charge >= 0.3 is 0 Å². The highest BCUT2D eigenvalue weighted by Gasteiger charge is 2.25. The maximum absolute atomic E-state index is 6.22. The molecule has 0 bridgehead atoms. The third-order valence-corrected chi connectivity index (χ3v) is 8.55. The maximum atomic E-state index is 6.22. The van der Waals surface area contributed by atoms with Crippen LogP contribution in [0.5, 0.6) is 5.75 Å². The molecule has 2 fully saturated rings. The second-order valence-electron chi connectivity index (χ2n) is 11.1. The van der Waals surface area contributed by atoms with Gasteiger partial charge in [0.2, 0.25) is 0 Å². The standard InChI is InChI=1S/C31H37Cl2N5O4/c1-39-21-40-19-23-2-4-28-29(14-23)38(17-26-9-13-41-26)31(34-28)18-36-10-6-22(7-11-36)16-37-12-8-25(35-37)20-42-30-5-3-24(32)15-27(30)33/h2-5,8,12,14-15,22,26H,6-7,9-11,13,16-21H2,1H3/t26-/m0/s1. The second kappa shape index (κ2) is 13.8. The zero-order chi connectivity index (χ0) is 28.9. The van der Waals surface area contributed by atoms with Gasteiger partial charge in [-0.2, -0.15) is 5.10 Å². The molecule has 0 radical (unpaired) electrons. The number of nitrogens with zero attached hydrogens (tertiary/aromatic N) is 5. The van der Waals surface area contributed by atoms with Gasteiger partial charge in [0, 0.05) is 31.5 Å². The Kier molecular flexibility index (Phi) is 9.63. The van der Waals surface area contributed by atoms with E-state index in [0.717, 1.165) is 86.7 Å². The van der Waals surface area contributed by atoms with E-state index in [9.17, 15) is 0 Å². The molecule has 4 heterocycles. The predicted molar refractivity (Wildman–Crippen MR) is 162 cm³/mol. The summed E-state index contributed by atoms with van der Waals surface area (Å²) in [5.74, 6) is 2.29. The van der Waals surface area contributed by atoms with Gasteiger partial charge in [0.1, 0.15) is 25.0 Å². The summed E-state index contributed by atoms with van der Waals surface area (Å²) in [4.78, 5) is 7.58. The molecule has 2 aliphatic rings. The van der Waals surface area contributed by atoms with Gasteiger partial charge in [-0.25, -0.2) is 4.98 Å². The van der Waals surface area contributed by atoms with Gasteiger partial charge in [0.15, 0.2) is 0 Å². The van der Waals surface area contributed by atoms with Crippen LogP contribution in [-0.2, 0) is 47.1 Å². The smallest absolute Gasteiger partial charge is 0.146 e. The quantitative estimate of drug-likeness (QED) is 0.136. The zero-order valence-electron chi connectivity index (χ0n) is 23.9. The molecular weight excluding hydrogens is 577 g/mol. The fraction of sp³-hybridized carbons (Fsp3) is 0.484. The van der Waals surface area contributed by atoms with Crippen LogP contribution in [0, 0.1) is 5.92 Å². The van der Waals surface area contributed by atoms with Gasteiger partial charge in [-0.3, -0.25) is 9.58 Å². The molecule has 11 heteroatoms. The van der Waals surface area contributed by atoms with E-state index in [-0.39, 0.29) is 12.9 Å². The molecule has 6 rings (SSSR count). The third-order valence-electron chi connectivity index (χ3n) is 8.02. The van der Waals surface area contributed by atoms with Crippen molar-refractivity contribution in [2.45, 2.75) is 58.2 Å². The van der Waals surface area contributed by atoms with Crippen LogP contribution in [0.4, 0.5) is 0 Å². The van der Waals surface area contributed by atoms with Gasteiger partial charge in [-0.1, -0.05) is 29.3 Å². The first-order chi connectivity index (χ1) is 20.5. The van der Waals surface area contributed by atoms with Gasteiger partial charge in [0.25, 0.3) is 0 Å². The Morgan fingerprint density at radius 3 is 2.62 bits per heavy atom. The molecule has 4 aromatic rings. The van der Waals surface area contributed by atoms with Gasteiger partial charge in [0.05, 0.1) is 47.6 Å². The Hall–Kier alpha value is -2.66. The minimum absolute atomic E-state index is 0.257. The van der Waals surface area contributed by atoms with Crippen molar-refractivity contribution >= 4 is 34.2 Å². The number of methoxy groups -OCH3 is 1. The number of fused-ring (bicyclic) bond motifs is 1. The SMILES string of the molecule is COCOCc1ccc2nc(CN3CCC(Cn4ccc(COc5ccc(Cl)cc5Cl)n4)CC3)n(C[C@@H]3CCO3)c2c1. The number of hydrogen-bond donors (Lipinski definition) is 0. The molecule has 2 aliphatic heterocycles. The van der Waals surface area contributed by atoms with Gasteiger partial charge in [-0.05, 0) is 80.2 Å². The largest absolute Gasteiger partial charge is 0.486 e. The van der Waals surface area contributed by atoms with Crippen LogP contribution >= 0.6 is 23.2 Å². The lowest BCUT2D eigenvalue weighted by molar-refractivity contribution is -0.0592. The predicted octanol–water partition coefficient (Wildman–Crippen LogP) is 5.94. The van der Waals surface area contributed by atoms with Crippen LogP contribution in [0.15, 0.2) is 48.7 Å². The molecule has 0 N–H and O–H groups in total. The molecule has 1 atom stereocenters. The van der Waals surface area contributed by atoms with E-state index < -0.39 is 0 Å². The van der Waals surface area contributed by atoms with E-state index in [4.69, 9.17) is 52.2 Å². The first-order valence-electron chi connectivity index (χ1n) is 14.5. The van der Waals surface area contributed by atoms with Gasteiger partial charge in [-0.15, -0.1) is 0 Å². The minimum atomic E-state index is 0.257. The summed E-state index contributed by atoms with van der Waals surface area (Å²) >= 11 is 12.2. The van der Waals surface area contributed by atoms with E-state index in [1.807, 2.05) is 16.9 Å². The molecule has 9 nitrogen and oxygen atoms in total. The van der Waals surface area contributed by atoms with Crippen LogP contribution in [0.3, 0.4) is 0 Å². The van der Waals surface area contributed by atoms with Crippen molar-refractivity contribution in [1.29, 1.82) is 0 Å². The van der Waals surface area contributed by atoms with Crippen LogP contribution in [0.1, 0.15) is 36.3 Å². The Morgan fingerprint density at radius 1 is 1.00 bits per heavy atom. The second-order valence-corrected chi connectivity index (χ2v) is 12.0. The summed E-state index contributed by atoms with van der Waals surface area (Å²) in [6.45, 7) is 6.65. The van der Waals surface area contributed by atoms with Crippen LogP contribution in [0.2, 0.25) is 10.0 Å². The Balaban J connectivity index is 1.04. The summed E-state index contributed by atoms with van der Waals surface area (Å²) in [6, 6.07) is 13.6. The number of aromatic nitrogens is 4. The number of hydrogen-bond acceptors (Lipinski definition) is 7. The van der Waals surface area contributed by atoms with Crippen LogP contribution < -0.4 is 4.74 Å². The van der Waals surface area contributed by atoms with Gasteiger partial charge < -0.3 is 23.5 Å². The molecule has 0 spiro atoms. The molecule has 224 valence electrons. The van der Waals surface area contributed by atoms with E-state index in [0.29, 0.717) is 34.9 Å². The van der Waals surface area contributed by atoms with Crippen molar-refractivity contribution in [3.63, 3.8) is 0 Å². The molecule has 2 aromatic carbocycles. The Bertz CT molecular complexity index is 1480. The Morgan fingerprint density at radius 2 is 1.86 bits per heavy atom. The molecule has 0 amide bonds. The highest BCUT2D eigenvalue weighted by molar-refractivity contribution is 6.35. The minimum Gasteiger partial charge on any atom is -0.486 e. The van der Waals surface area contributed by atoms with E-state index in [2.05, 4.69) is 27.7 Å². The first kappa shape index (κ1) is 29.4. The number of imidazole rings is 1. The Labute approximate surface area is 256 Å². The number of rotatable bonds is 13.